The zero-order valence-corrected chi connectivity index (χ0v) is 21.0. The van der Waals surface area contributed by atoms with Gasteiger partial charge in [-0.3, -0.25) is 18.7 Å². The van der Waals surface area contributed by atoms with Crippen molar-refractivity contribution in [2.24, 2.45) is 0 Å². The van der Waals surface area contributed by atoms with Crippen molar-refractivity contribution in [3.63, 3.8) is 0 Å². The summed E-state index contributed by atoms with van der Waals surface area (Å²) in [6, 6.07) is 14.6. The quantitative estimate of drug-likeness (QED) is 0.464. The van der Waals surface area contributed by atoms with E-state index in [9.17, 15) is 22.8 Å². The molecule has 0 heterocycles. The molecule has 0 saturated carbocycles. The molecule has 9 heteroatoms. The van der Waals surface area contributed by atoms with Gasteiger partial charge in [0.2, 0.25) is 21.8 Å². The molecule has 184 valence electrons. The van der Waals surface area contributed by atoms with Crippen LogP contribution in [0.2, 0.25) is 0 Å². The lowest BCUT2D eigenvalue weighted by atomic mass is 10.1. The van der Waals surface area contributed by atoms with Crippen molar-refractivity contribution in [2.45, 2.75) is 46.2 Å². The third kappa shape index (κ3) is 7.41. The van der Waals surface area contributed by atoms with E-state index >= 15 is 0 Å². The van der Waals surface area contributed by atoms with Crippen molar-refractivity contribution in [3.8, 4) is 0 Å². The minimum atomic E-state index is -3.85. The number of sulfonamides is 1. The average molecular weight is 488 g/mol. The van der Waals surface area contributed by atoms with Gasteiger partial charge in [-0.2, -0.15) is 0 Å². The van der Waals surface area contributed by atoms with Gasteiger partial charge in [0.25, 0.3) is 0 Å². The van der Waals surface area contributed by atoms with Crippen LogP contribution >= 0.6 is 0 Å². The number of benzene rings is 2. The van der Waals surface area contributed by atoms with Crippen LogP contribution in [0.15, 0.2) is 54.6 Å². The Labute approximate surface area is 202 Å². The molecule has 1 N–H and O–H groups in total. The van der Waals surface area contributed by atoms with Gasteiger partial charge in [0.05, 0.1) is 11.9 Å². The minimum absolute atomic E-state index is 0.156. The van der Waals surface area contributed by atoms with Crippen molar-refractivity contribution >= 4 is 33.3 Å². The number of nitrogens with one attached hydrogen (secondary N) is 1. The fraction of sp³-hybridized carbons (Fsp3) is 0.400. The van der Waals surface area contributed by atoms with E-state index in [2.05, 4.69) is 5.32 Å². The molecule has 0 radical (unpaired) electrons. The first-order chi connectivity index (χ1) is 16.1. The first kappa shape index (κ1) is 27.0. The van der Waals surface area contributed by atoms with Gasteiger partial charge in [-0.25, -0.2) is 8.42 Å². The smallest absolute Gasteiger partial charge is 0.244 e. The van der Waals surface area contributed by atoms with Gasteiger partial charge in [0.15, 0.2) is 5.78 Å². The molecule has 2 amide bonds. The van der Waals surface area contributed by atoms with Gasteiger partial charge in [-0.15, -0.1) is 0 Å². The molecule has 0 fully saturated rings. The van der Waals surface area contributed by atoms with Gasteiger partial charge < -0.3 is 10.2 Å². The molecule has 0 aliphatic heterocycles. The van der Waals surface area contributed by atoms with Gasteiger partial charge in [0.1, 0.15) is 12.6 Å². The van der Waals surface area contributed by atoms with Crippen LogP contribution in [0.4, 0.5) is 5.69 Å². The Morgan fingerprint density at radius 2 is 1.68 bits per heavy atom. The number of carbonyl (C=O) groups is 3. The Morgan fingerprint density at radius 3 is 2.24 bits per heavy atom. The first-order valence-electron chi connectivity index (χ1n) is 11.3. The maximum Gasteiger partial charge on any atom is 0.244 e. The monoisotopic (exact) mass is 487 g/mol. The van der Waals surface area contributed by atoms with Crippen LogP contribution in [0.3, 0.4) is 0 Å². The van der Waals surface area contributed by atoms with E-state index in [0.717, 1.165) is 22.5 Å². The fourth-order valence-electron chi connectivity index (χ4n) is 3.56. The van der Waals surface area contributed by atoms with Gasteiger partial charge in [-0.1, -0.05) is 56.3 Å². The molecule has 1 atom stereocenters. The lowest BCUT2D eigenvalue weighted by Gasteiger charge is -2.33. The highest BCUT2D eigenvalue weighted by Gasteiger charge is 2.31. The van der Waals surface area contributed by atoms with E-state index in [1.54, 1.807) is 12.1 Å². The van der Waals surface area contributed by atoms with Crippen LogP contribution in [0.25, 0.3) is 0 Å². The fourth-order valence-corrected chi connectivity index (χ4v) is 4.40. The van der Waals surface area contributed by atoms with Gasteiger partial charge >= 0.3 is 0 Å². The molecule has 0 aliphatic rings. The van der Waals surface area contributed by atoms with Crippen molar-refractivity contribution in [1.29, 1.82) is 0 Å². The van der Waals surface area contributed by atoms with E-state index in [4.69, 9.17) is 0 Å². The molecule has 0 bridgehead atoms. The van der Waals surface area contributed by atoms with Crippen molar-refractivity contribution in [3.05, 3.63) is 65.7 Å². The van der Waals surface area contributed by atoms with E-state index in [0.29, 0.717) is 18.5 Å². The van der Waals surface area contributed by atoms with Crippen molar-refractivity contribution in [2.75, 3.05) is 23.7 Å². The van der Waals surface area contributed by atoms with E-state index < -0.39 is 28.5 Å². The Morgan fingerprint density at radius 1 is 1.00 bits per heavy atom. The third-order valence-electron chi connectivity index (χ3n) is 5.35. The lowest BCUT2D eigenvalue weighted by molar-refractivity contribution is -0.140. The van der Waals surface area contributed by atoms with Gasteiger partial charge in [-0.05, 0) is 37.5 Å². The Kier molecular flexibility index (Phi) is 9.80. The second-order valence-electron chi connectivity index (χ2n) is 8.10. The summed E-state index contributed by atoms with van der Waals surface area (Å²) in [6.07, 6.45) is 2.13. The first-order valence-corrected chi connectivity index (χ1v) is 13.1. The third-order valence-corrected chi connectivity index (χ3v) is 6.49. The molecule has 2 rings (SSSR count). The van der Waals surface area contributed by atoms with Crippen molar-refractivity contribution in [1.82, 2.24) is 10.2 Å². The highest BCUT2D eigenvalue weighted by Crippen LogP contribution is 2.21. The number of rotatable bonds is 12. The minimum Gasteiger partial charge on any atom is -0.354 e. The summed E-state index contributed by atoms with van der Waals surface area (Å²) in [5.74, 6) is -1.01. The molecule has 0 unspecified atom stereocenters. The predicted octanol–water partition coefficient (Wildman–Crippen LogP) is 2.99. The molecule has 0 saturated heterocycles. The van der Waals surface area contributed by atoms with Crippen molar-refractivity contribution < 1.29 is 22.8 Å². The molecule has 8 nitrogen and oxygen atoms in total. The van der Waals surface area contributed by atoms with Crippen LogP contribution in [0.5, 0.6) is 0 Å². The molecule has 0 spiro atoms. The number of ketones is 1. The van der Waals surface area contributed by atoms with Crippen LogP contribution in [-0.4, -0.2) is 56.3 Å². The predicted molar refractivity (Wildman–Crippen MR) is 133 cm³/mol. The summed E-state index contributed by atoms with van der Waals surface area (Å²) in [4.78, 5) is 39.6. The molecule has 0 aromatic heterocycles. The lowest BCUT2D eigenvalue weighted by Crippen LogP contribution is -2.52. The highest BCUT2D eigenvalue weighted by molar-refractivity contribution is 7.92. The van der Waals surface area contributed by atoms with Crippen LogP contribution in [0, 0.1) is 0 Å². The Balaban J connectivity index is 2.43. The summed E-state index contributed by atoms with van der Waals surface area (Å²) in [5, 5.41) is 2.84. The second kappa shape index (κ2) is 12.3. The largest absolute Gasteiger partial charge is 0.354 e. The normalized spacial score (nSPS) is 12.0. The number of Topliss-reactive ketones (excluding diaryl/α,β-unsaturated/α-hetero) is 1. The number of hydrogen-bond acceptors (Lipinski definition) is 5. The molecular formula is C25H33N3O5S. The molecular weight excluding hydrogens is 454 g/mol. The number of carbonyl (C=O) groups excluding carboxylic acids is 3. The summed E-state index contributed by atoms with van der Waals surface area (Å²) in [6.45, 7) is 5.28. The Hall–Kier alpha value is -3.20. The van der Waals surface area contributed by atoms with Crippen LogP contribution in [-0.2, 0) is 26.2 Å². The van der Waals surface area contributed by atoms with Crippen LogP contribution in [0.1, 0.15) is 49.5 Å². The maximum absolute atomic E-state index is 13.5. The number of amides is 2. The molecule has 2 aromatic rings. The summed E-state index contributed by atoms with van der Waals surface area (Å²) >= 11 is 0. The number of anilines is 1. The molecule has 2 aromatic carbocycles. The highest BCUT2D eigenvalue weighted by atomic mass is 32.2. The van der Waals surface area contributed by atoms with E-state index in [-0.39, 0.29) is 23.9 Å². The SMILES string of the molecule is CCCNC(=O)[C@@H](CC)N(Cc1ccccc1)C(=O)CN(c1cccc(C(C)=O)c1)S(C)(=O)=O. The number of hydrogen-bond donors (Lipinski definition) is 1. The zero-order chi connectivity index (χ0) is 25.3. The standard InChI is InChI=1S/C25H33N3O5S/c1-5-15-26-25(31)23(6-2)27(17-20-11-8-7-9-12-20)24(30)18-28(34(4,32)33)22-14-10-13-21(16-22)19(3)29/h7-14,16,23H,5-6,15,17-18H2,1-4H3,(H,26,31)/t23-/m1/s1. The zero-order valence-electron chi connectivity index (χ0n) is 20.2. The second-order valence-corrected chi connectivity index (χ2v) is 10.0. The summed E-state index contributed by atoms with van der Waals surface area (Å²) < 4.78 is 26.2. The topological polar surface area (TPSA) is 104 Å². The van der Waals surface area contributed by atoms with E-state index in [1.807, 2.05) is 44.2 Å². The summed E-state index contributed by atoms with van der Waals surface area (Å²) in [5.41, 5.74) is 1.37. The Bertz CT molecular complexity index is 1100. The molecule has 0 aliphatic carbocycles. The maximum atomic E-state index is 13.5. The van der Waals surface area contributed by atoms with Gasteiger partial charge in [0, 0.05) is 18.7 Å². The average Bonchev–Trinajstić information content (AvgIpc) is 2.80. The summed E-state index contributed by atoms with van der Waals surface area (Å²) in [7, 11) is -3.85. The van der Waals surface area contributed by atoms with E-state index in [1.165, 1.54) is 24.0 Å². The number of nitrogens with zero attached hydrogens (tertiary/aromatic N) is 2. The van der Waals surface area contributed by atoms with Crippen LogP contribution < -0.4 is 9.62 Å². The molecule has 34 heavy (non-hydrogen) atoms.